The molecule has 2 atom stereocenters. The number of rotatable bonds is 6. The Morgan fingerprint density at radius 3 is 2.92 bits per heavy atom. The quantitative estimate of drug-likeness (QED) is 0.846. The van der Waals surface area contributed by atoms with Gasteiger partial charge in [-0.25, -0.2) is 13.4 Å². The zero-order valence-electron chi connectivity index (χ0n) is 14.7. The molecule has 1 N–H and O–H groups in total. The summed E-state index contributed by atoms with van der Waals surface area (Å²) in [5.74, 6) is 0.379. The third-order valence-electron chi connectivity index (χ3n) is 4.35. The summed E-state index contributed by atoms with van der Waals surface area (Å²) in [6.07, 6.45) is 6.44. The Balaban J connectivity index is 2.13. The lowest BCUT2D eigenvalue weighted by atomic mass is 9.96. The number of carbonyl (C=O) groups excluding carboxylic acids is 1. The summed E-state index contributed by atoms with van der Waals surface area (Å²) in [4.78, 5) is 18.9. The van der Waals surface area contributed by atoms with Crippen LogP contribution in [0.3, 0.4) is 0 Å². The van der Waals surface area contributed by atoms with Crippen molar-refractivity contribution >= 4 is 21.6 Å². The first-order valence-corrected chi connectivity index (χ1v) is 10.4. The summed E-state index contributed by atoms with van der Waals surface area (Å²) >= 11 is 0. The van der Waals surface area contributed by atoms with E-state index in [1.54, 1.807) is 18.3 Å². The smallest absolute Gasteiger partial charge is 0.225 e. The fraction of sp³-hybridized carbons (Fsp3) is 0.647. The van der Waals surface area contributed by atoms with E-state index in [4.69, 9.17) is 0 Å². The molecule has 2 rings (SSSR count). The van der Waals surface area contributed by atoms with Crippen LogP contribution in [0.2, 0.25) is 0 Å². The number of sulfone groups is 1. The van der Waals surface area contributed by atoms with E-state index >= 15 is 0 Å². The number of nitrogens with zero attached hydrogens (tertiary/aromatic N) is 2. The second-order valence-corrected chi connectivity index (χ2v) is 8.56. The van der Waals surface area contributed by atoms with Gasteiger partial charge >= 0.3 is 0 Å². The fourth-order valence-corrected chi connectivity index (χ4v) is 4.00. The molecule has 1 aliphatic rings. The molecule has 6 nitrogen and oxygen atoms in total. The third kappa shape index (κ3) is 4.69. The van der Waals surface area contributed by atoms with Crippen LogP contribution in [0.1, 0.15) is 39.5 Å². The van der Waals surface area contributed by atoms with Crippen molar-refractivity contribution in [3.63, 3.8) is 0 Å². The predicted molar refractivity (Wildman–Crippen MR) is 94.8 cm³/mol. The normalized spacial score (nSPS) is 19.8. The Kier molecular flexibility index (Phi) is 6.21. The average Bonchev–Trinajstić information content (AvgIpc) is 2.54. The molecule has 1 aliphatic heterocycles. The Morgan fingerprint density at radius 2 is 2.25 bits per heavy atom. The van der Waals surface area contributed by atoms with Gasteiger partial charge in [0.1, 0.15) is 10.7 Å². The first kappa shape index (κ1) is 18.7. The highest BCUT2D eigenvalue weighted by Crippen LogP contribution is 2.27. The van der Waals surface area contributed by atoms with Crippen molar-refractivity contribution in [2.75, 3.05) is 24.2 Å². The number of nitrogens with one attached hydrogen (secondary N) is 1. The van der Waals surface area contributed by atoms with Crippen molar-refractivity contribution in [3.8, 4) is 0 Å². The molecule has 24 heavy (non-hydrogen) atoms. The van der Waals surface area contributed by atoms with Gasteiger partial charge in [-0.15, -0.1) is 0 Å². The molecule has 0 bridgehead atoms. The average molecular weight is 353 g/mol. The van der Waals surface area contributed by atoms with Crippen LogP contribution < -0.4 is 10.2 Å². The first-order valence-electron chi connectivity index (χ1n) is 8.53. The zero-order valence-corrected chi connectivity index (χ0v) is 15.5. The molecular weight excluding hydrogens is 326 g/mol. The topological polar surface area (TPSA) is 79.4 Å². The maximum Gasteiger partial charge on any atom is 0.225 e. The van der Waals surface area contributed by atoms with E-state index in [1.807, 2.05) is 11.8 Å². The molecule has 1 aromatic rings. The van der Waals surface area contributed by atoms with Gasteiger partial charge in [0.15, 0.2) is 9.84 Å². The minimum Gasteiger partial charge on any atom is -0.355 e. The Labute approximate surface area is 144 Å². The number of amides is 1. The molecule has 1 aromatic heterocycles. The molecule has 7 heteroatoms. The van der Waals surface area contributed by atoms with E-state index in [0.29, 0.717) is 18.9 Å². The molecule has 134 valence electrons. The number of pyridine rings is 1. The van der Waals surface area contributed by atoms with Crippen molar-refractivity contribution in [2.24, 2.45) is 5.92 Å². The maximum atomic E-state index is 12.5. The summed E-state index contributed by atoms with van der Waals surface area (Å²) in [7, 11) is -3.35. The van der Waals surface area contributed by atoms with Crippen molar-refractivity contribution in [1.82, 2.24) is 10.3 Å². The molecule has 1 amide bonds. The lowest BCUT2D eigenvalue weighted by Crippen LogP contribution is -2.45. The number of aromatic nitrogens is 1. The van der Waals surface area contributed by atoms with Crippen molar-refractivity contribution in [1.29, 1.82) is 0 Å². The van der Waals surface area contributed by atoms with Crippen molar-refractivity contribution < 1.29 is 13.2 Å². The van der Waals surface area contributed by atoms with Gasteiger partial charge in [0.05, 0.1) is 5.92 Å². The van der Waals surface area contributed by atoms with Crippen LogP contribution in [-0.4, -0.2) is 44.7 Å². The SMILES string of the molecule is CCCC(C)NC(=O)C1CCCN(c2ncccc2S(C)(=O)=O)C1. The standard InChI is InChI=1S/C17H27N3O3S/c1-4-7-13(2)19-17(21)14-8-6-11-20(12-14)16-15(24(3,22)23)9-5-10-18-16/h5,9-10,13-14H,4,6-8,11-12H2,1-3H3,(H,19,21). The van der Waals surface area contributed by atoms with E-state index < -0.39 is 9.84 Å². The Morgan fingerprint density at radius 1 is 1.50 bits per heavy atom. The van der Waals surface area contributed by atoms with E-state index in [9.17, 15) is 13.2 Å². The maximum absolute atomic E-state index is 12.5. The van der Waals surface area contributed by atoms with E-state index in [-0.39, 0.29) is 22.8 Å². The summed E-state index contributed by atoms with van der Waals surface area (Å²) < 4.78 is 24.0. The highest BCUT2D eigenvalue weighted by molar-refractivity contribution is 7.90. The molecule has 0 aromatic carbocycles. The molecule has 0 spiro atoms. The molecule has 0 radical (unpaired) electrons. The largest absolute Gasteiger partial charge is 0.355 e. The van der Waals surface area contributed by atoms with E-state index in [1.165, 1.54) is 6.26 Å². The highest BCUT2D eigenvalue weighted by Gasteiger charge is 2.29. The fourth-order valence-electron chi connectivity index (χ4n) is 3.16. The number of carbonyl (C=O) groups is 1. The molecule has 1 saturated heterocycles. The van der Waals surface area contributed by atoms with Gasteiger partial charge in [-0.05, 0) is 38.3 Å². The number of anilines is 1. The minimum atomic E-state index is -3.35. The van der Waals surface area contributed by atoms with Gasteiger partial charge in [0.25, 0.3) is 0 Å². The van der Waals surface area contributed by atoms with Crippen LogP contribution in [-0.2, 0) is 14.6 Å². The molecule has 0 saturated carbocycles. The number of piperidine rings is 1. The van der Waals surface area contributed by atoms with Crippen LogP contribution in [0.15, 0.2) is 23.2 Å². The third-order valence-corrected chi connectivity index (χ3v) is 5.47. The molecule has 2 heterocycles. The van der Waals surface area contributed by atoms with Gasteiger partial charge in [0.2, 0.25) is 5.91 Å². The minimum absolute atomic E-state index is 0.0532. The summed E-state index contributed by atoms with van der Waals surface area (Å²) in [5.41, 5.74) is 0. The van der Waals surface area contributed by atoms with E-state index in [0.717, 1.165) is 25.7 Å². The first-order chi connectivity index (χ1) is 11.3. The van der Waals surface area contributed by atoms with E-state index in [2.05, 4.69) is 17.2 Å². The lowest BCUT2D eigenvalue weighted by Gasteiger charge is -2.34. The molecule has 0 aliphatic carbocycles. The molecule has 2 unspecified atom stereocenters. The van der Waals surface area contributed by atoms with Crippen molar-refractivity contribution in [2.45, 2.75) is 50.5 Å². The Hall–Kier alpha value is -1.63. The number of hydrogen-bond acceptors (Lipinski definition) is 5. The number of hydrogen-bond donors (Lipinski definition) is 1. The van der Waals surface area contributed by atoms with Gasteiger partial charge in [-0.1, -0.05) is 13.3 Å². The second-order valence-electron chi connectivity index (χ2n) is 6.58. The molecular formula is C17H27N3O3S. The lowest BCUT2D eigenvalue weighted by molar-refractivity contribution is -0.125. The monoisotopic (exact) mass is 353 g/mol. The summed E-state index contributed by atoms with van der Waals surface area (Å²) in [5, 5.41) is 3.06. The predicted octanol–water partition coefficient (Wildman–Crippen LogP) is 2.01. The second kappa shape index (κ2) is 7.96. The summed E-state index contributed by atoms with van der Waals surface area (Å²) in [6, 6.07) is 3.37. The molecule has 1 fully saturated rings. The highest BCUT2D eigenvalue weighted by atomic mass is 32.2. The zero-order chi connectivity index (χ0) is 17.7. The van der Waals surface area contributed by atoms with Crippen LogP contribution in [0.25, 0.3) is 0 Å². The van der Waals surface area contributed by atoms with Gasteiger partial charge in [-0.3, -0.25) is 4.79 Å². The van der Waals surface area contributed by atoms with Crippen LogP contribution in [0, 0.1) is 5.92 Å². The van der Waals surface area contributed by atoms with Crippen LogP contribution in [0.4, 0.5) is 5.82 Å². The van der Waals surface area contributed by atoms with Gasteiger partial charge in [0, 0.05) is 31.6 Å². The van der Waals surface area contributed by atoms with Crippen LogP contribution >= 0.6 is 0 Å². The van der Waals surface area contributed by atoms with Crippen LogP contribution in [0.5, 0.6) is 0 Å². The van der Waals surface area contributed by atoms with Gasteiger partial charge < -0.3 is 10.2 Å². The summed E-state index contributed by atoms with van der Waals surface area (Å²) in [6.45, 7) is 5.33. The van der Waals surface area contributed by atoms with Gasteiger partial charge in [-0.2, -0.15) is 0 Å². The Bertz CT molecular complexity index is 675. The van der Waals surface area contributed by atoms with Crippen molar-refractivity contribution in [3.05, 3.63) is 18.3 Å².